The normalized spacial score (nSPS) is 21.6. The van der Waals surface area contributed by atoms with Crippen LogP contribution in [0.25, 0.3) is 0 Å². The Kier molecular flexibility index (Phi) is 4.46. The van der Waals surface area contributed by atoms with Crippen molar-refractivity contribution in [1.82, 2.24) is 4.90 Å². The van der Waals surface area contributed by atoms with Crippen LogP contribution in [0.2, 0.25) is 0 Å². The summed E-state index contributed by atoms with van der Waals surface area (Å²) in [5, 5.41) is 0. The molecule has 1 aromatic carbocycles. The molecule has 2 N–H and O–H groups in total. The summed E-state index contributed by atoms with van der Waals surface area (Å²) >= 11 is 3.44. The van der Waals surface area contributed by atoms with E-state index in [-0.39, 0.29) is 0 Å². The fourth-order valence-corrected chi connectivity index (χ4v) is 2.90. The summed E-state index contributed by atoms with van der Waals surface area (Å²) in [6.45, 7) is 4.56. The predicted molar refractivity (Wildman–Crippen MR) is 76.9 cm³/mol. The van der Waals surface area contributed by atoms with Crippen molar-refractivity contribution in [2.45, 2.75) is 45.2 Å². The summed E-state index contributed by atoms with van der Waals surface area (Å²) in [6, 6.07) is 7.07. The van der Waals surface area contributed by atoms with Gasteiger partial charge in [-0.05, 0) is 59.4 Å². The van der Waals surface area contributed by atoms with E-state index in [0.717, 1.165) is 22.7 Å². The molecule has 1 aliphatic rings. The Bertz CT molecular complexity index is 378. The number of benzene rings is 1. The second kappa shape index (κ2) is 5.87. The number of nitrogens with zero attached hydrogens (tertiary/aromatic N) is 1. The lowest BCUT2D eigenvalue weighted by molar-refractivity contribution is 0.136. The third-order valence-electron chi connectivity index (χ3n) is 3.67. The largest absolute Gasteiger partial charge is 0.398 e. The van der Waals surface area contributed by atoms with E-state index in [0.29, 0.717) is 0 Å². The summed E-state index contributed by atoms with van der Waals surface area (Å²) < 4.78 is 0.993. The maximum Gasteiger partial charge on any atom is 0.0461 e. The van der Waals surface area contributed by atoms with Crippen LogP contribution < -0.4 is 5.73 Å². The van der Waals surface area contributed by atoms with Crippen LogP contribution in [0, 0.1) is 0 Å². The smallest absolute Gasteiger partial charge is 0.0461 e. The lowest BCUT2D eigenvalue weighted by Gasteiger charge is -2.35. The van der Waals surface area contributed by atoms with E-state index in [9.17, 15) is 0 Å². The Labute approximate surface area is 112 Å². The standard InChI is InChI=1S/C14H21BrN2/c1-2-12-5-3-4-8-17(12)10-11-6-7-13(15)14(16)9-11/h6-7,9,12H,2-5,8,10,16H2,1H3. The van der Waals surface area contributed by atoms with Crippen LogP contribution in [-0.2, 0) is 6.54 Å². The molecule has 0 saturated carbocycles. The molecule has 0 aliphatic carbocycles. The molecule has 1 heterocycles. The van der Waals surface area contributed by atoms with Gasteiger partial charge in [-0.25, -0.2) is 0 Å². The molecule has 1 aliphatic heterocycles. The van der Waals surface area contributed by atoms with Gasteiger partial charge in [0, 0.05) is 22.7 Å². The average Bonchev–Trinajstić information content (AvgIpc) is 2.34. The fourth-order valence-electron chi connectivity index (χ4n) is 2.66. The van der Waals surface area contributed by atoms with Crippen molar-refractivity contribution in [2.24, 2.45) is 0 Å². The molecular weight excluding hydrogens is 276 g/mol. The zero-order valence-corrected chi connectivity index (χ0v) is 12.0. The second-order valence-electron chi connectivity index (χ2n) is 4.88. The lowest BCUT2D eigenvalue weighted by Crippen LogP contribution is -2.38. The van der Waals surface area contributed by atoms with E-state index in [1.807, 2.05) is 0 Å². The quantitative estimate of drug-likeness (QED) is 0.860. The van der Waals surface area contributed by atoms with Gasteiger partial charge in [0.15, 0.2) is 0 Å². The van der Waals surface area contributed by atoms with E-state index in [4.69, 9.17) is 5.73 Å². The number of hydrogen-bond acceptors (Lipinski definition) is 2. The molecule has 1 saturated heterocycles. The number of halogens is 1. The maximum absolute atomic E-state index is 5.93. The van der Waals surface area contributed by atoms with Crippen LogP contribution >= 0.6 is 15.9 Å². The van der Waals surface area contributed by atoms with Gasteiger partial charge in [0.2, 0.25) is 0 Å². The Morgan fingerprint density at radius 1 is 1.41 bits per heavy atom. The summed E-state index contributed by atoms with van der Waals surface area (Å²) in [6.07, 6.45) is 5.33. The van der Waals surface area contributed by atoms with Gasteiger partial charge in [0.05, 0.1) is 0 Å². The van der Waals surface area contributed by atoms with E-state index < -0.39 is 0 Å². The maximum atomic E-state index is 5.93. The molecule has 0 bridgehead atoms. The number of nitrogens with two attached hydrogens (primary N) is 1. The number of rotatable bonds is 3. The number of anilines is 1. The first kappa shape index (κ1) is 12.9. The third kappa shape index (κ3) is 3.23. The minimum Gasteiger partial charge on any atom is -0.398 e. The summed E-state index contributed by atoms with van der Waals surface area (Å²) in [5.74, 6) is 0. The zero-order valence-electron chi connectivity index (χ0n) is 10.5. The molecule has 2 rings (SSSR count). The average molecular weight is 297 g/mol. The first-order valence-electron chi connectivity index (χ1n) is 6.48. The van der Waals surface area contributed by atoms with Gasteiger partial charge in [-0.15, -0.1) is 0 Å². The molecular formula is C14H21BrN2. The van der Waals surface area contributed by atoms with E-state index >= 15 is 0 Å². The van der Waals surface area contributed by atoms with Gasteiger partial charge in [-0.2, -0.15) is 0 Å². The van der Waals surface area contributed by atoms with Gasteiger partial charge < -0.3 is 5.73 Å². The van der Waals surface area contributed by atoms with Gasteiger partial charge in [-0.1, -0.05) is 19.4 Å². The van der Waals surface area contributed by atoms with Crippen LogP contribution in [0.4, 0.5) is 5.69 Å². The van der Waals surface area contributed by atoms with E-state index in [2.05, 4.69) is 46.0 Å². The molecule has 17 heavy (non-hydrogen) atoms. The SMILES string of the molecule is CCC1CCCCN1Cc1ccc(Br)c(N)c1. The van der Waals surface area contributed by atoms with Gasteiger partial charge in [0.25, 0.3) is 0 Å². The molecule has 94 valence electrons. The Morgan fingerprint density at radius 3 is 2.94 bits per heavy atom. The number of hydrogen-bond donors (Lipinski definition) is 1. The second-order valence-corrected chi connectivity index (χ2v) is 5.74. The number of likely N-dealkylation sites (tertiary alicyclic amines) is 1. The van der Waals surface area contributed by atoms with Crippen molar-refractivity contribution in [3.8, 4) is 0 Å². The van der Waals surface area contributed by atoms with Gasteiger partial charge >= 0.3 is 0 Å². The first-order valence-corrected chi connectivity index (χ1v) is 7.28. The third-order valence-corrected chi connectivity index (χ3v) is 4.39. The highest BCUT2D eigenvalue weighted by atomic mass is 79.9. The molecule has 0 aromatic heterocycles. The number of piperidine rings is 1. The molecule has 1 fully saturated rings. The van der Waals surface area contributed by atoms with Crippen LogP contribution in [0.1, 0.15) is 38.2 Å². The van der Waals surface area contributed by atoms with Crippen LogP contribution in [0.3, 0.4) is 0 Å². The molecule has 1 unspecified atom stereocenters. The van der Waals surface area contributed by atoms with Crippen molar-refractivity contribution < 1.29 is 0 Å². The lowest BCUT2D eigenvalue weighted by atomic mass is 9.99. The van der Waals surface area contributed by atoms with E-state index in [1.54, 1.807) is 0 Å². The van der Waals surface area contributed by atoms with E-state index in [1.165, 1.54) is 37.8 Å². The van der Waals surface area contributed by atoms with Crippen LogP contribution in [0.5, 0.6) is 0 Å². The molecule has 0 radical (unpaired) electrons. The topological polar surface area (TPSA) is 29.3 Å². The summed E-state index contributed by atoms with van der Waals surface area (Å²) in [7, 11) is 0. The summed E-state index contributed by atoms with van der Waals surface area (Å²) in [5.41, 5.74) is 8.09. The molecule has 1 aromatic rings. The summed E-state index contributed by atoms with van der Waals surface area (Å²) in [4.78, 5) is 2.60. The van der Waals surface area contributed by atoms with Crippen molar-refractivity contribution in [3.63, 3.8) is 0 Å². The zero-order chi connectivity index (χ0) is 12.3. The molecule has 1 atom stereocenters. The Balaban J connectivity index is 2.05. The highest BCUT2D eigenvalue weighted by molar-refractivity contribution is 9.10. The molecule has 2 nitrogen and oxygen atoms in total. The minimum absolute atomic E-state index is 0.758. The van der Waals surface area contributed by atoms with Crippen molar-refractivity contribution in [1.29, 1.82) is 0 Å². The highest BCUT2D eigenvalue weighted by Gasteiger charge is 2.20. The Morgan fingerprint density at radius 2 is 2.24 bits per heavy atom. The van der Waals surface area contributed by atoms with Crippen molar-refractivity contribution in [2.75, 3.05) is 12.3 Å². The molecule has 0 spiro atoms. The van der Waals surface area contributed by atoms with Gasteiger partial charge in [-0.3, -0.25) is 4.90 Å². The van der Waals surface area contributed by atoms with Crippen LogP contribution in [-0.4, -0.2) is 17.5 Å². The number of nitrogen functional groups attached to an aromatic ring is 1. The monoisotopic (exact) mass is 296 g/mol. The van der Waals surface area contributed by atoms with Crippen molar-refractivity contribution >= 4 is 21.6 Å². The predicted octanol–water partition coefficient (Wildman–Crippen LogP) is 3.80. The fraction of sp³-hybridized carbons (Fsp3) is 0.571. The molecule has 3 heteroatoms. The van der Waals surface area contributed by atoms with Crippen LogP contribution in [0.15, 0.2) is 22.7 Å². The minimum atomic E-state index is 0.758. The highest BCUT2D eigenvalue weighted by Crippen LogP contribution is 2.24. The van der Waals surface area contributed by atoms with Crippen molar-refractivity contribution in [3.05, 3.63) is 28.2 Å². The van der Waals surface area contributed by atoms with Gasteiger partial charge in [0.1, 0.15) is 0 Å². The Hall–Kier alpha value is -0.540. The first-order chi connectivity index (χ1) is 8.20. The molecule has 0 amide bonds.